The molecule has 0 saturated carbocycles. The van der Waals surface area contributed by atoms with Gasteiger partial charge in [0.15, 0.2) is 5.60 Å². The van der Waals surface area contributed by atoms with Crippen LogP contribution in [0.15, 0.2) is 11.0 Å². The molecule has 5 atom stereocenters. The van der Waals surface area contributed by atoms with E-state index in [2.05, 4.69) is 15.3 Å². The smallest absolute Gasteiger partial charge is 0.345 e. The van der Waals surface area contributed by atoms with Crippen molar-refractivity contribution in [2.24, 2.45) is 0 Å². The van der Waals surface area contributed by atoms with Crippen LogP contribution in [0.5, 0.6) is 0 Å². The largest absolute Gasteiger partial charge is 0.390 e. The number of aromatic amines is 1. The van der Waals surface area contributed by atoms with E-state index in [4.69, 9.17) is 4.74 Å². The van der Waals surface area contributed by atoms with E-state index in [-0.39, 0.29) is 18.7 Å². The number of carbonyl (C=O) groups excluding carboxylic acids is 2. The Hall–Kier alpha value is -2.34. The molecule has 5 N–H and O–H groups in total. The topological polar surface area (TPSA) is 165 Å². The molecule has 0 bridgehead atoms. The van der Waals surface area contributed by atoms with E-state index in [0.717, 1.165) is 0 Å². The number of imide groups is 1. The second kappa shape index (κ2) is 6.43. The van der Waals surface area contributed by atoms with Gasteiger partial charge in [0.2, 0.25) is 0 Å². The van der Waals surface area contributed by atoms with Crippen molar-refractivity contribution in [3.8, 4) is 0 Å². The zero-order valence-corrected chi connectivity index (χ0v) is 14.2. The fourth-order valence-electron chi connectivity index (χ4n) is 3.11. The molecule has 11 heteroatoms. The Morgan fingerprint density at radius 2 is 2.00 bits per heavy atom. The van der Waals surface area contributed by atoms with Gasteiger partial charge in [0.1, 0.15) is 18.4 Å². The van der Waals surface area contributed by atoms with Gasteiger partial charge in [-0.25, -0.2) is 19.5 Å². The maximum Gasteiger partial charge on any atom is 0.345 e. The quantitative estimate of drug-likeness (QED) is 0.396. The second-order valence-corrected chi connectivity index (χ2v) is 6.65. The van der Waals surface area contributed by atoms with Crippen LogP contribution in [0, 0.1) is 6.92 Å². The highest BCUT2D eigenvalue weighted by Crippen LogP contribution is 2.33. The Morgan fingerprint density at radius 3 is 2.65 bits per heavy atom. The van der Waals surface area contributed by atoms with Crippen LogP contribution in [0.2, 0.25) is 0 Å². The summed E-state index contributed by atoms with van der Waals surface area (Å²) < 4.78 is 5.27. The van der Waals surface area contributed by atoms with Crippen molar-refractivity contribution in [2.45, 2.75) is 50.3 Å². The molecule has 0 aromatic carbocycles. The zero-order chi connectivity index (χ0) is 19.2. The van der Waals surface area contributed by atoms with Crippen LogP contribution in [-0.2, 0) is 9.53 Å². The number of amides is 3. The van der Waals surface area contributed by atoms with Crippen LogP contribution in [0.25, 0.3) is 0 Å². The summed E-state index contributed by atoms with van der Waals surface area (Å²) in [6.45, 7) is 2.56. The maximum atomic E-state index is 12.8. The first kappa shape index (κ1) is 18.5. The van der Waals surface area contributed by atoms with E-state index in [1.807, 2.05) is 0 Å². The van der Waals surface area contributed by atoms with Crippen LogP contribution < -0.4 is 11.0 Å². The number of hydrogen-bond acceptors (Lipinski definition) is 8. The van der Waals surface area contributed by atoms with Crippen LogP contribution in [-0.4, -0.2) is 72.8 Å². The molecule has 3 heterocycles. The number of aliphatic hydroxyl groups excluding tert-OH is 2. The van der Waals surface area contributed by atoms with E-state index in [9.17, 15) is 29.7 Å². The van der Waals surface area contributed by atoms with E-state index in [1.54, 1.807) is 6.92 Å². The summed E-state index contributed by atoms with van der Waals surface area (Å²) in [6, 6.07) is -2.05. The van der Waals surface area contributed by atoms with Gasteiger partial charge in [0, 0.05) is 18.3 Å². The van der Waals surface area contributed by atoms with Crippen molar-refractivity contribution in [2.75, 3.05) is 6.61 Å². The van der Waals surface area contributed by atoms with Gasteiger partial charge >= 0.3 is 11.7 Å². The molecular formula is C15H20N4O7. The Kier molecular flexibility index (Phi) is 4.56. The Morgan fingerprint density at radius 1 is 1.31 bits per heavy atom. The number of aryl methyl sites for hydroxylation is 1. The highest BCUT2D eigenvalue weighted by atomic mass is 16.5. The molecule has 2 saturated heterocycles. The minimum atomic E-state index is -2.09. The van der Waals surface area contributed by atoms with Gasteiger partial charge in [-0.15, -0.1) is 0 Å². The first-order valence-corrected chi connectivity index (χ1v) is 8.03. The van der Waals surface area contributed by atoms with Crippen LogP contribution in [0.1, 0.15) is 30.6 Å². The van der Waals surface area contributed by atoms with Gasteiger partial charge in [-0.1, -0.05) is 0 Å². The first-order chi connectivity index (χ1) is 12.1. The third-order valence-corrected chi connectivity index (χ3v) is 4.67. The SMILES string of the molecule is Cc1cnc(=O)[nH]c1C1NC(=O)N([C@@H]2C[C@H](O)[C@H](O)CO2)C(=O)[C@]1(C)O. The summed E-state index contributed by atoms with van der Waals surface area (Å²) >= 11 is 0. The Bertz CT molecular complexity index is 792. The molecule has 0 radical (unpaired) electrons. The fourth-order valence-corrected chi connectivity index (χ4v) is 3.11. The molecule has 1 unspecified atom stereocenters. The van der Waals surface area contributed by atoms with Crippen molar-refractivity contribution in [3.63, 3.8) is 0 Å². The molecule has 11 nitrogen and oxygen atoms in total. The highest BCUT2D eigenvalue weighted by molar-refractivity contribution is 6.02. The molecule has 1 aromatic heterocycles. The summed E-state index contributed by atoms with van der Waals surface area (Å²) in [7, 11) is 0. The molecule has 3 rings (SSSR count). The molecule has 1 aromatic rings. The molecule has 142 valence electrons. The number of aromatic nitrogens is 2. The van der Waals surface area contributed by atoms with E-state index < -0.39 is 47.7 Å². The lowest BCUT2D eigenvalue weighted by molar-refractivity contribution is -0.186. The normalized spacial score (nSPS) is 35.3. The lowest BCUT2D eigenvalue weighted by Gasteiger charge is -2.45. The molecule has 3 amide bonds. The van der Waals surface area contributed by atoms with Gasteiger partial charge in [-0.05, 0) is 19.4 Å². The summed E-state index contributed by atoms with van der Waals surface area (Å²) in [6.07, 6.45) is -2.34. The summed E-state index contributed by atoms with van der Waals surface area (Å²) in [5, 5.41) is 32.6. The van der Waals surface area contributed by atoms with Gasteiger partial charge in [-0.3, -0.25) is 4.79 Å². The minimum absolute atomic E-state index is 0.163. The number of H-pyrrole nitrogens is 1. The molecule has 26 heavy (non-hydrogen) atoms. The number of carbonyl (C=O) groups is 2. The van der Waals surface area contributed by atoms with Gasteiger partial charge in [0.25, 0.3) is 5.91 Å². The average Bonchev–Trinajstić information content (AvgIpc) is 2.57. The van der Waals surface area contributed by atoms with E-state index in [1.165, 1.54) is 13.1 Å². The molecule has 2 aliphatic heterocycles. The van der Waals surface area contributed by atoms with Crippen LogP contribution >= 0.6 is 0 Å². The number of rotatable bonds is 2. The highest BCUT2D eigenvalue weighted by Gasteiger charge is 2.54. The van der Waals surface area contributed by atoms with Crippen molar-refractivity contribution < 1.29 is 29.6 Å². The second-order valence-electron chi connectivity index (χ2n) is 6.65. The molecule has 0 spiro atoms. The van der Waals surface area contributed by atoms with Crippen molar-refractivity contribution in [3.05, 3.63) is 27.9 Å². The third-order valence-electron chi connectivity index (χ3n) is 4.67. The van der Waals surface area contributed by atoms with E-state index in [0.29, 0.717) is 10.5 Å². The summed E-state index contributed by atoms with van der Waals surface area (Å²) in [5.74, 6) is -0.947. The lowest BCUT2D eigenvalue weighted by atomic mass is 9.88. The van der Waals surface area contributed by atoms with Crippen molar-refractivity contribution >= 4 is 11.9 Å². The zero-order valence-electron chi connectivity index (χ0n) is 14.2. The van der Waals surface area contributed by atoms with Crippen molar-refractivity contribution in [1.29, 1.82) is 0 Å². The third kappa shape index (κ3) is 2.98. The molecular weight excluding hydrogens is 348 g/mol. The number of ether oxygens (including phenoxy) is 1. The molecule has 0 aliphatic carbocycles. The van der Waals surface area contributed by atoms with Crippen LogP contribution in [0.4, 0.5) is 4.79 Å². The average molecular weight is 368 g/mol. The minimum Gasteiger partial charge on any atom is -0.390 e. The number of nitrogens with one attached hydrogen (secondary N) is 2. The fraction of sp³-hybridized carbons (Fsp3) is 0.600. The Balaban J connectivity index is 1.92. The molecule has 2 fully saturated rings. The van der Waals surface area contributed by atoms with E-state index >= 15 is 0 Å². The first-order valence-electron chi connectivity index (χ1n) is 8.03. The maximum absolute atomic E-state index is 12.8. The summed E-state index contributed by atoms with van der Waals surface area (Å²) in [4.78, 5) is 43.5. The molecule has 2 aliphatic rings. The predicted octanol–water partition coefficient (Wildman–Crippen LogP) is -2.11. The van der Waals surface area contributed by atoms with Crippen molar-refractivity contribution in [1.82, 2.24) is 20.2 Å². The number of nitrogens with zero attached hydrogens (tertiary/aromatic N) is 2. The number of urea groups is 1. The number of aliphatic hydroxyl groups is 3. The summed E-state index contributed by atoms with van der Waals surface area (Å²) in [5.41, 5.74) is -2.13. The van der Waals surface area contributed by atoms with Gasteiger partial charge in [-0.2, -0.15) is 0 Å². The number of hydrogen-bond donors (Lipinski definition) is 5. The standard InChI is InChI=1S/C15H20N4O7/c1-6-4-16-13(23)17-10(6)11-15(2,25)12(22)19(14(24)18-11)9-3-7(20)8(21)5-26-9/h4,7-9,11,20-21,25H,3,5H2,1-2H3,(H,18,24)(H,16,17,23)/t7-,8+,9-,11?,15+/m0/s1. The van der Waals surface area contributed by atoms with Crippen LogP contribution in [0.3, 0.4) is 0 Å². The predicted molar refractivity (Wildman–Crippen MR) is 84.7 cm³/mol. The monoisotopic (exact) mass is 368 g/mol. The van der Waals surface area contributed by atoms with Gasteiger partial charge < -0.3 is 30.4 Å². The van der Waals surface area contributed by atoms with Gasteiger partial charge in [0.05, 0.1) is 12.7 Å². The lowest BCUT2D eigenvalue weighted by Crippen LogP contribution is -2.68. The Labute approximate surface area is 147 Å².